The van der Waals surface area contributed by atoms with Gasteiger partial charge < -0.3 is 62.3 Å². The number of phenols is 1. The second-order valence-corrected chi connectivity index (χ2v) is 20.3. The molecule has 0 saturated carbocycles. The Morgan fingerprint density at radius 3 is 1.71 bits per heavy atom. The Labute approximate surface area is 451 Å². The number of carbonyl (C=O) groups excluding carboxylic acids is 9. The molecule has 1 heterocycles. The Morgan fingerprint density at radius 2 is 1.12 bits per heavy atom. The van der Waals surface area contributed by atoms with Crippen molar-refractivity contribution in [2.24, 2.45) is 5.73 Å². The van der Waals surface area contributed by atoms with Crippen LogP contribution in [-0.2, 0) is 81.8 Å². The number of rotatable bonds is 32. The maximum absolute atomic E-state index is 14.4. The van der Waals surface area contributed by atoms with Crippen molar-refractivity contribution in [3.8, 4) is 5.75 Å². The Balaban J connectivity index is 1.56. The molecule has 0 aliphatic rings. The molecule has 6 atom stereocenters. The second kappa shape index (κ2) is 30.8. The summed E-state index contributed by atoms with van der Waals surface area (Å²) in [5.41, 5.74) is 7.86. The standard InChI is InChI=1S/C49H61N9O16S3/c1-75-20-18-34(55-47(68)37(53-40(60)16-17-42(62)63)23-29-12-14-31(59)15-13-29)45(66)52-27-41(61)54-38(24-30-26-51-33-11-7-6-10-32(30)33)48(69)56-35(19-21-76-2)46(67)58-39(25-43(64)74-77(71,72)73)49(70)57-36(44(50)65)22-28-8-4-3-5-9-28/h3-15,26,34-39,51,59H,16-25,27H2,1-2H3,(H2,50,65)(H,52,66)(H,53,60)(H,54,61)(H,55,68)(H,56,69)(H,57,70)(H,58,67)(H,62,63)(H,71,72,73). The molecule has 77 heavy (non-hydrogen) atoms. The van der Waals surface area contributed by atoms with Crippen molar-refractivity contribution in [3.05, 3.63) is 102 Å². The van der Waals surface area contributed by atoms with E-state index < -0.39 is 132 Å². The summed E-state index contributed by atoms with van der Waals surface area (Å²) in [6.07, 6.45) is 2.39. The number of primary amides is 1. The van der Waals surface area contributed by atoms with Crippen LogP contribution in [0.25, 0.3) is 10.9 Å². The first kappa shape index (κ1) is 61.9. The molecule has 0 fully saturated rings. The third-order valence-corrected chi connectivity index (χ3v) is 13.1. The van der Waals surface area contributed by atoms with Crippen LogP contribution in [0, 0.1) is 0 Å². The number of hydrogen-bond donors (Lipinski definition) is 12. The summed E-state index contributed by atoms with van der Waals surface area (Å²) in [6.45, 7) is -0.742. The molecule has 0 bridgehead atoms. The molecule has 0 aliphatic carbocycles. The molecule has 0 radical (unpaired) electrons. The van der Waals surface area contributed by atoms with Crippen LogP contribution < -0.4 is 43.0 Å². The number of H-pyrrole nitrogens is 1. The molecule has 3 aromatic carbocycles. The summed E-state index contributed by atoms with van der Waals surface area (Å²) in [4.78, 5) is 136. The molecule has 0 saturated heterocycles. The minimum atomic E-state index is -5.38. The minimum absolute atomic E-state index is 0.0496. The zero-order valence-electron chi connectivity index (χ0n) is 41.8. The summed E-state index contributed by atoms with van der Waals surface area (Å²) in [5, 5.41) is 36.9. The number of carboxylic acids is 1. The lowest BCUT2D eigenvalue weighted by molar-refractivity contribution is -0.140. The van der Waals surface area contributed by atoms with Crippen molar-refractivity contribution in [2.45, 2.75) is 87.6 Å². The SMILES string of the molecule is CSCCC(NC(=O)C(Cc1ccc(O)cc1)NC(=O)CCC(=O)O)C(=O)NCC(=O)NC(Cc1c[nH]c2ccccc12)C(=O)NC(CCSC)C(=O)NC(CC(=O)OS(=O)(=O)O)C(=O)NC(Cc1ccccc1)C(N)=O. The number of amides is 8. The number of benzene rings is 3. The molecule has 28 heteroatoms. The van der Waals surface area contributed by atoms with E-state index in [1.165, 1.54) is 47.8 Å². The zero-order valence-corrected chi connectivity index (χ0v) is 44.2. The van der Waals surface area contributed by atoms with Crippen LogP contribution in [0.3, 0.4) is 0 Å². The minimum Gasteiger partial charge on any atom is -0.508 e. The van der Waals surface area contributed by atoms with E-state index in [1.54, 1.807) is 73.3 Å². The Kier molecular flexibility index (Phi) is 24.7. The first-order chi connectivity index (χ1) is 36.5. The fraction of sp³-hybridized carbons (Fsp3) is 0.388. The van der Waals surface area contributed by atoms with Crippen molar-refractivity contribution in [3.63, 3.8) is 0 Å². The molecular weight excluding hydrogens is 1070 g/mol. The van der Waals surface area contributed by atoms with Gasteiger partial charge in [-0.3, -0.25) is 52.5 Å². The van der Waals surface area contributed by atoms with Gasteiger partial charge in [0.1, 0.15) is 42.0 Å². The van der Waals surface area contributed by atoms with E-state index in [9.17, 15) is 61.5 Å². The fourth-order valence-corrected chi connectivity index (χ4v) is 8.77. The van der Waals surface area contributed by atoms with Crippen molar-refractivity contribution < 1.29 is 75.3 Å². The lowest BCUT2D eigenvalue weighted by Crippen LogP contribution is -2.59. The van der Waals surface area contributed by atoms with E-state index >= 15 is 0 Å². The highest BCUT2D eigenvalue weighted by Gasteiger charge is 2.34. The van der Waals surface area contributed by atoms with Crippen molar-refractivity contribution in [2.75, 3.05) is 30.6 Å². The van der Waals surface area contributed by atoms with E-state index in [4.69, 9.17) is 15.4 Å². The number of aromatic hydroxyl groups is 1. The van der Waals surface area contributed by atoms with Gasteiger partial charge in [-0.05, 0) is 71.7 Å². The van der Waals surface area contributed by atoms with Crippen LogP contribution in [0.15, 0.2) is 85.1 Å². The number of carboxylic acid groups (broad SMARTS) is 1. The van der Waals surface area contributed by atoms with Crippen LogP contribution in [0.5, 0.6) is 5.75 Å². The van der Waals surface area contributed by atoms with Crippen LogP contribution in [0.2, 0.25) is 0 Å². The number of para-hydroxylation sites is 1. The van der Waals surface area contributed by atoms with Gasteiger partial charge in [-0.2, -0.15) is 31.9 Å². The maximum atomic E-state index is 14.4. The van der Waals surface area contributed by atoms with E-state index in [0.717, 1.165) is 0 Å². The number of fused-ring (bicyclic) bond motifs is 1. The molecule has 13 N–H and O–H groups in total. The number of thioether (sulfide) groups is 2. The number of hydrogen-bond acceptors (Lipinski definition) is 16. The van der Waals surface area contributed by atoms with Crippen LogP contribution in [-0.4, -0.2) is 154 Å². The van der Waals surface area contributed by atoms with Crippen molar-refractivity contribution in [1.29, 1.82) is 0 Å². The molecule has 1 aromatic heterocycles. The second-order valence-electron chi connectivity index (χ2n) is 17.3. The topological polar surface area (TPSA) is 401 Å². The van der Waals surface area contributed by atoms with Gasteiger partial charge in [0.25, 0.3) is 0 Å². The number of aromatic amines is 1. The molecule has 8 amide bonds. The smallest absolute Gasteiger partial charge is 0.448 e. The Morgan fingerprint density at radius 1 is 0.610 bits per heavy atom. The fourth-order valence-electron chi connectivity index (χ4n) is 7.53. The van der Waals surface area contributed by atoms with Gasteiger partial charge in [0, 0.05) is 42.8 Å². The highest BCUT2D eigenvalue weighted by Crippen LogP contribution is 2.20. The number of carbonyl (C=O) groups is 10. The summed E-state index contributed by atoms with van der Waals surface area (Å²) < 4.78 is 35.9. The largest absolute Gasteiger partial charge is 0.508 e. The molecule has 6 unspecified atom stereocenters. The number of aliphatic carboxylic acids is 1. The maximum Gasteiger partial charge on any atom is 0.448 e. The number of aromatic nitrogens is 1. The quantitative estimate of drug-likeness (QED) is 0.0275. The van der Waals surface area contributed by atoms with Gasteiger partial charge in [-0.25, -0.2) is 0 Å². The summed E-state index contributed by atoms with van der Waals surface area (Å²) >= 11 is 2.61. The Bertz CT molecular complexity index is 2840. The highest BCUT2D eigenvalue weighted by atomic mass is 32.3. The third-order valence-electron chi connectivity index (χ3n) is 11.4. The van der Waals surface area contributed by atoms with Gasteiger partial charge in [0.15, 0.2) is 0 Å². The number of phenolic OH excluding ortho intramolecular Hbond substituents is 1. The number of nitrogens with two attached hydrogens (primary N) is 1. The lowest BCUT2D eigenvalue weighted by Gasteiger charge is -2.26. The predicted octanol–water partition coefficient (Wildman–Crippen LogP) is -0.481. The molecule has 0 aliphatic heterocycles. The monoisotopic (exact) mass is 1130 g/mol. The van der Waals surface area contributed by atoms with Crippen molar-refractivity contribution in [1.82, 2.24) is 42.2 Å². The molecule has 416 valence electrons. The third kappa shape index (κ3) is 21.8. The normalized spacial score (nSPS) is 13.5. The van der Waals surface area contributed by atoms with Gasteiger partial charge in [0.05, 0.1) is 19.4 Å². The molecular formula is C49H61N9O16S3. The summed E-state index contributed by atoms with van der Waals surface area (Å²) in [6, 6.07) is 12.1. The molecule has 4 aromatic rings. The van der Waals surface area contributed by atoms with Crippen LogP contribution in [0.4, 0.5) is 0 Å². The summed E-state index contributed by atoms with van der Waals surface area (Å²) in [7, 11) is -5.38. The molecule has 4 rings (SSSR count). The first-order valence-corrected chi connectivity index (χ1v) is 27.8. The van der Waals surface area contributed by atoms with E-state index in [-0.39, 0.29) is 43.6 Å². The molecule has 0 spiro atoms. The van der Waals surface area contributed by atoms with Gasteiger partial charge in [0.2, 0.25) is 47.3 Å². The zero-order chi connectivity index (χ0) is 56.7. The van der Waals surface area contributed by atoms with Gasteiger partial charge in [-0.1, -0.05) is 60.7 Å². The van der Waals surface area contributed by atoms with Crippen LogP contribution in [0.1, 0.15) is 48.8 Å². The number of nitrogens with one attached hydrogen (secondary N) is 8. The van der Waals surface area contributed by atoms with E-state index in [1.807, 2.05) is 0 Å². The van der Waals surface area contributed by atoms with Gasteiger partial charge >= 0.3 is 22.3 Å². The molecule has 25 nitrogen and oxygen atoms in total. The average Bonchev–Trinajstić information content (AvgIpc) is 3.79. The lowest BCUT2D eigenvalue weighted by atomic mass is 10.0. The van der Waals surface area contributed by atoms with E-state index in [2.05, 4.69) is 46.4 Å². The van der Waals surface area contributed by atoms with Crippen LogP contribution >= 0.6 is 23.5 Å². The Hall–Kier alpha value is -7.69. The first-order valence-electron chi connectivity index (χ1n) is 23.7. The predicted molar refractivity (Wildman–Crippen MR) is 283 cm³/mol. The summed E-state index contributed by atoms with van der Waals surface area (Å²) in [5.74, 6) is -9.93. The highest BCUT2D eigenvalue weighted by molar-refractivity contribution is 7.98. The average molecular weight is 1130 g/mol. The van der Waals surface area contributed by atoms with Gasteiger partial charge in [-0.15, -0.1) is 0 Å². The van der Waals surface area contributed by atoms with Crippen molar-refractivity contribution >= 4 is 104 Å². The van der Waals surface area contributed by atoms with E-state index in [0.29, 0.717) is 33.3 Å².